The molecule has 0 bridgehead atoms. The molecule has 0 aliphatic heterocycles. The molecule has 0 saturated heterocycles. The Kier molecular flexibility index (Phi) is 2.45. The van der Waals surface area contributed by atoms with Crippen molar-refractivity contribution in [3.05, 3.63) is 52.3 Å². The quantitative estimate of drug-likeness (QED) is 0.665. The van der Waals surface area contributed by atoms with Crippen LogP contribution < -0.4 is 5.69 Å². The minimum Gasteiger partial charge on any atom is -0.295 e. The smallest absolute Gasteiger partial charge is 0.295 e. The van der Waals surface area contributed by atoms with E-state index in [-0.39, 0.29) is 11.5 Å². The second-order valence-corrected chi connectivity index (χ2v) is 4.34. The summed E-state index contributed by atoms with van der Waals surface area (Å²) < 4.78 is 16.1. The van der Waals surface area contributed by atoms with Gasteiger partial charge in [-0.3, -0.25) is 4.57 Å². The molecule has 0 aliphatic rings. The third-order valence-electron chi connectivity index (χ3n) is 3.03. The van der Waals surface area contributed by atoms with Crippen LogP contribution in [-0.2, 0) is 7.05 Å². The van der Waals surface area contributed by atoms with Crippen LogP contribution in [0.2, 0.25) is 0 Å². The van der Waals surface area contributed by atoms with Gasteiger partial charge >= 0.3 is 5.69 Å². The average molecular weight is 258 g/mol. The van der Waals surface area contributed by atoms with E-state index in [1.54, 1.807) is 25.2 Å². The first kappa shape index (κ1) is 11.6. The lowest BCUT2D eigenvalue weighted by atomic mass is 10.3. The van der Waals surface area contributed by atoms with Crippen LogP contribution in [0.5, 0.6) is 0 Å². The van der Waals surface area contributed by atoms with Crippen LogP contribution in [0, 0.1) is 12.7 Å². The summed E-state index contributed by atoms with van der Waals surface area (Å²) in [5, 5.41) is 7.94. The standard InChI is InChI=1S/C13H11FN4O/c1-8-3-6-12(16-15-8)18-10-5-4-9(14)7-11(10)17(2)13(18)19/h3-7H,1-2H3. The SMILES string of the molecule is Cc1ccc(-n2c(=O)n(C)c3cc(F)ccc32)nn1. The van der Waals surface area contributed by atoms with Gasteiger partial charge in [0, 0.05) is 7.05 Å². The second-order valence-electron chi connectivity index (χ2n) is 4.34. The van der Waals surface area contributed by atoms with Gasteiger partial charge in [-0.15, -0.1) is 5.10 Å². The van der Waals surface area contributed by atoms with Crippen molar-refractivity contribution in [3.8, 4) is 5.82 Å². The van der Waals surface area contributed by atoms with Gasteiger partial charge in [0.1, 0.15) is 5.82 Å². The first-order valence-electron chi connectivity index (χ1n) is 5.75. The summed E-state index contributed by atoms with van der Waals surface area (Å²) in [6, 6.07) is 7.70. The molecule has 5 nitrogen and oxygen atoms in total. The molecule has 3 aromatic rings. The molecule has 2 heterocycles. The zero-order valence-electron chi connectivity index (χ0n) is 10.5. The van der Waals surface area contributed by atoms with Crippen LogP contribution in [0.25, 0.3) is 16.9 Å². The van der Waals surface area contributed by atoms with Gasteiger partial charge in [0.15, 0.2) is 5.82 Å². The van der Waals surface area contributed by atoms with Gasteiger partial charge in [0.25, 0.3) is 0 Å². The predicted octanol–water partition coefficient (Wildman–Crippen LogP) is 1.57. The molecule has 1 aromatic carbocycles. The van der Waals surface area contributed by atoms with E-state index in [0.717, 1.165) is 5.69 Å². The molecule has 3 rings (SSSR count). The highest BCUT2D eigenvalue weighted by molar-refractivity contribution is 5.77. The Hall–Kier alpha value is -2.50. The molecule has 0 spiro atoms. The predicted molar refractivity (Wildman–Crippen MR) is 68.8 cm³/mol. The molecule has 2 aromatic heterocycles. The van der Waals surface area contributed by atoms with E-state index in [4.69, 9.17) is 0 Å². The summed E-state index contributed by atoms with van der Waals surface area (Å²) in [5.74, 6) is 0.0445. The van der Waals surface area contributed by atoms with Crippen LogP contribution in [0.1, 0.15) is 5.69 Å². The summed E-state index contributed by atoms with van der Waals surface area (Å²) in [7, 11) is 1.60. The summed E-state index contributed by atoms with van der Waals surface area (Å²) in [5.41, 5.74) is 1.61. The minimum absolute atomic E-state index is 0.279. The van der Waals surface area contributed by atoms with Gasteiger partial charge in [-0.1, -0.05) is 0 Å². The van der Waals surface area contributed by atoms with Crippen molar-refractivity contribution < 1.29 is 4.39 Å². The van der Waals surface area contributed by atoms with E-state index in [2.05, 4.69) is 10.2 Å². The van der Waals surface area contributed by atoms with Crippen LogP contribution in [0.4, 0.5) is 4.39 Å². The Morgan fingerprint density at radius 2 is 1.89 bits per heavy atom. The molecule has 0 aliphatic carbocycles. The normalized spacial score (nSPS) is 11.1. The van der Waals surface area contributed by atoms with E-state index in [0.29, 0.717) is 16.9 Å². The van der Waals surface area contributed by atoms with Crippen LogP contribution in [0.15, 0.2) is 35.1 Å². The summed E-state index contributed by atoms with van der Waals surface area (Å²) in [6.45, 7) is 1.82. The van der Waals surface area contributed by atoms with Gasteiger partial charge in [-0.2, -0.15) is 5.10 Å². The summed E-state index contributed by atoms with van der Waals surface area (Å²) in [4.78, 5) is 12.2. The van der Waals surface area contributed by atoms with Crippen molar-refractivity contribution in [2.24, 2.45) is 7.05 Å². The second kappa shape index (κ2) is 4.01. The average Bonchev–Trinajstić information content (AvgIpc) is 2.64. The molecule has 0 atom stereocenters. The van der Waals surface area contributed by atoms with Crippen molar-refractivity contribution >= 4 is 11.0 Å². The Morgan fingerprint density at radius 3 is 2.58 bits per heavy atom. The molecule has 19 heavy (non-hydrogen) atoms. The molecule has 0 radical (unpaired) electrons. The number of aromatic nitrogens is 4. The number of aryl methyl sites for hydroxylation is 2. The Labute approximate surface area is 107 Å². The van der Waals surface area contributed by atoms with Crippen LogP contribution >= 0.6 is 0 Å². The van der Waals surface area contributed by atoms with Gasteiger partial charge in [-0.25, -0.2) is 13.8 Å². The summed E-state index contributed by atoms with van der Waals surface area (Å²) >= 11 is 0. The molecule has 0 fully saturated rings. The Balaban J connectivity index is 2.38. The Morgan fingerprint density at radius 1 is 1.11 bits per heavy atom. The van der Waals surface area contributed by atoms with E-state index >= 15 is 0 Å². The lowest BCUT2D eigenvalue weighted by molar-refractivity contribution is 0.628. The number of rotatable bonds is 1. The third kappa shape index (κ3) is 1.72. The maximum Gasteiger partial charge on any atom is 0.334 e. The molecule has 96 valence electrons. The fourth-order valence-electron chi connectivity index (χ4n) is 2.04. The highest BCUT2D eigenvalue weighted by atomic mass is 19.1. The molecule has 0 N–H and O–H groups in total. The first-order valence-corrected chi connectivity index (χ1v) is 5.75. The maximum atomic E-state index is 13.3. The van der Waals surface area contributed by atoms with Crippen molar-refractivity contribution in [2.75, 3.05) is 0 Å². The number of hydrogen-bond acceptors (Lipinski definition) is 3. The molecular formula is C13H11FN4O. The number of benzene rings is 1. The molecule has 0 saturated carbocycles. The third-order valence-corrected chi connectivity index (χ3v) is 3.03. The maximum absolute atomic E-state index is 13.3. The lowest BCUT2D eigenvalue weighted by Gasteiger charge is -2.01. The topological polar surface area (TPSA) is 52.7 Å². The monoisotopic (exact) mass is 258 g/mol. The van der Waals surface area contributed by atoms with Crippen molar-refractivity contribution in [1.82, 2.24) is 19.3 Å². The fourth-order valence-corrected chi connectivity index (χ4v) is 2.04. The van der Waals surface area contributed by atoms with Gasteiger partial charge in [0.2, 0.25) is 0 Å². The van der Waals surface area contributed by atoms with Crippen LogP contribution in [0.3, 0.4) is 0 Å². The van der Waals surface area contributed by atoms with Gasteiger partial charge in [0.05, 0.1) is 16.7 Å². The number of nitrogens with zero attached hydrogens (tertiary/aromatic N) is 4. The van der Waals surface area contributed by atoms with Gasteiger partial charge in [-0.05, 0) is 37.3 Å². The zero-order valence-corrected chi connectivity index (χ0v) is 10.5. The molecule has 0 amide bonds. The fraction of sp³-hybridized carbons (Fsp3) is 0.154. The van der Waals surface area contributed by atoms with E-state index in [1.807, 2.05) is 6.92 Å². The van der Waals surface area contributed by atoms with Crippen molar-refractivity contribution in [3.63, 3.8) is 0 Å². The molecule has 6 heteroatoms. The number of imidazole rings is 1. The number of hydrogen-bond donors (Lipinski definition) is 0. The van der Waals surface area contributed by atoms with E-state index in [9.17, 15) is 9.18 Å². The minimum atomic E-state index is -0.379. The number of halogens is 1. The molecular weight excluding hydrogens is 247 g/mol. The highest BCUT2D eigenvalue weighted by Gasteiger charge is 2.13. The van der Waals surface area contributed by atoms with Gasteiger partial charge < -0.3 is 0 Å². The van der Waals surface area contributed by atoms with Crippen molar-refractivity contribution in [1.29, 1.82) is 0 Å². The van der Waals surface area contributed by atoms with Crippen molar-refractivity contribution in [2.45, 2.75) is 6.92 Å². The van der Waals surface area contributed by atoms with E-state index < -0.39 is 0 Å². The summed E-state index contributed by atoms with van der Waals surface area (Å²) in [6.07, 6.45) is 0. The Bertz CT molecular complexity index is 817. The number of fused-ring (bicyclic) bond motifs is 1. The lowest BCUT2D eigenvalue weighted by Crippen LogP contribution is -2.21. The zero-order chi connectivity index (χ0) is 13.6. The first-order chi connectivity index (χ1) is 9.08. The van der Waals surface area contributed by atoms with Crippen LogP contribution in [-0.4, -0.2) is 19.3 Å². The highest BCUT2D eigenvalue weighted by Crippen LogP contribution is 2.16. The molecule has 0 unspecified atom stereocenters. The largest absolute Gasteiger partial charge is 0.334 e. The van der Waals surface area contributed by atoms with E-state index in [1.165, 1.54) is 21.3 Å².